The van der Waals surface area contributed by atoms with Crippen molar-refractivity contribution in [3.05, 3.63) is 5.82 Å². The van der Waals surface area contributed by atoms with Gasteiger partial charge >= 0.3 is 0 Å². The lowest BCUT2D eigenvalue weighted by Gasteiger charge is -2.15. The van der Waals surface area contributed by atoms with Gasteiger partial charge in [-0.05, 0) is 29.0 Å². The molecule has 1 aliphatic rings. The van der Waals surface area contributed by atoms with Crippen LogP contribution in [0, 0.1) is 11.3 Å². The van der Waals surface area contributed by atoms with Crippen molar-refractivity contribution in [1.29, 1.82) is 5.26 Å². The van der Waals surface area contributed by atoms with Gasteiger partial charge in [0.2, 0.25) is 0 Å². The molecule has 0 radical (unpaired) electrons. The highest BCUT2D eigenvalue weighted by molar-refractivity contribution is 8.00. The van der Waals surface area contributed by atoms with Gasteiger partial charge in [0, 0.05) is 7.05 Å². The van der Waals surface area contributed by atoms with Crippen LogP contribution in [0.1, 0.15) is 18.7 Å². The maximum Gasteiger partial charge on any atom is 0.181 e. The summed E-state index contributed by atoms with van der Waals surface area (Å²) in [7, 11) is 1.77. The Morgan fingerprint density at radius 1 is 1.69 bits per heavy atom. The molecule has 1 aromatic heterocycles. The highest BCUT2D eigenvalue weighted by atomic mass is 32.2. The normalized spacial score (nSPS) is 27.4. The van der Waals surface area contributed by atoms with Crippen molar-refractivity contribution in [2.75, 3.05) is 5.75 Å². The zero-order valence-corrected chi connectivity index (χ0v) is 8.08. The molecule has 0 aliphatic carbocycles. The van der Waals surface area contributed by atoms with E-state index in [2.05, 4.69) is 21.6 Å². The van der Waals surface area contributed by atoms with Crippen LogP contribution < -0.4 is 0 Å². The highest BCUT2D eigenvalue weighted by Crippen LogP contribution is 2.44. The van der Waals surface area contributed by atoms with Gasteiger partial charge < -0.3 is 0 Å². The molecule has 1 saturated heterocycles. The minimum atomic E-state index is -0.502. The molecule has 1 fully saturated rings. The molecule has 2 heterocycles. The number of tetrazole rings is 1. The van der Waals surface area contributed by atoms with E-state index in [0.29, 0.717) is 5.82 Å². The molecule has 6 heteroatoms. The van der Waals surface area contributed by atoms with E-state index in [0.717, 1.165) is 18.6 Å². The van der Waals surface area contributed by atoms with Gasteiger partial charge in [-0.25, -0.2) is 4.68 Å². The van der Waals surface area contributed by atoms with Crippen molar-refractivity contribution in [3.8, 4) is 6.07 Å². The minimum Gasteiger partial charge on any atom is -0.230 e. The average Bonchev–Trinajstić information content (AvgIpc) is 2.73. The van der Waals surface area contributed by atoms with Crippen molar-refractivity contribution >= 4 is 11.8 Å². The van der Waals surface area contributed by atoms with Crippen molar-refractivity contribution < 1.29 is 0 Å². The number of nitriles is 1. The van der Waals surface area contributed by atoms with E-state index in [4.69, 9.17) is 5.26 Å². The summed E-state index contributed by atoms with van der Waals surface area (Å²) >= 11 is 1.64. The first-order chi connectivity index (χ1) is 6.28. The molecule has 0 N–H and O–H groups in total. The number of hydrogen-bond donors (Lipinski definition) is 0. The Morgan fingerprint density at radius 2 is 2.54 bits per heavy atom. The third-order valence-corrected chi connectivity index (χ3v) is 3.65. The molecule has 0 bridgehead atoms. The van der Waals surface area contributed by atoms with Gasteiger partial charge in [-0.15, -0.1) is 16.9 Å². The molecular formula is C7H9N5S. The summed E-state index contributed by atoms with van der Waals surface area (Å²) in [4.78, 5) is 0. The fourth-order valence-corrected chi connectivity index (χ4v) is 2.82. The molecular weight excluding hydrogens is 186 g/mol. The van der Waals surface area contributed by atoms with E-state index in [1.807, 2.05) is 0 Å². The van der Waals surface area contributed by atoms with Crippen LogP contribution in [0.15, 0.2) is 0 Å². The van der Waals surface area contributed by atoms with E-state index >= 15 is 0 Å². The Labute approximate surface area is 80.1 Å². The van der Waals surface area contributed by atoms with Gasteiger partial charge in [0.05, 0.1) is 6.07 Å². The topological polar surface area (TPSA) is 67.4 Å². The Bertz CT molecular complexity index is 346. The van der Waals surface area contributed by atoms with Crippen molar-refractivity contribution in [2.45, 2.75) is 17.6 Å². The molecule has 1 unspecified atom stereocenters. The largest absolute Gasteiger partial charge is 0.230 e. The molecule has 68 valence electrons. The Kier molecular flexibility index (Phi) is 1.96. The third-order valence-electron chi connectivity index (χ3n) is 2.18. The number of aryl methyl sites for hydroxylation is 1. The summed E-state index contributed by atoms with van der Waals surface area (Å²) < 4.78 is 1.08. The maximum atomic E-state index is 9.13. The molecule has 0 amide bonds. The summed E-state index contributed by atoms with van der Waals surface area (Å²) in [6.45, 7) is 0. The fourth-order valence-electron chi connectivity index (χ4n) is 1.53. The van der Waals surface area contributed by atoms with Gasteiger partial charge in [-0.2, -0.15) is 5.26 Å². The fraction of sp³-hybridized carbons (Fsp3) is 0.714. The molecule has 2 rings (SSSR count). The molecule has 5 nitrogen and oxygen atoms in total. The Hall–Kier alpha value is -1.09. The van der Waals surface area contributed by atoms with Crippen LogP contribution in [0.4, 0.5) is 0 Å². The van der Waals surface area contributed by atoms with Crippen LogP contribution in [0.5, 0.6) is 0 Å². The molecule has 13 heavy (non-hydrogen) atoms. The van der Waals surface area contributed by atoms with Crippen LogP contribution in [0.2, 0.25) is 0 Å². The summed E-state index contributed by atoms with van der Waals surface area (Å²) in [5, 5.41) is 20.3. The predicted octanol–water partition coefficient (Wildman–Crippen LogP) is 0.456. The zero-order valence-electron chi connectivity index (χ0n) is 7.27. The first-order valence-corrected chi connectivity index (χ1v) is 5.05. The number of thioether (sulfide) groups is 1. The van der Waals surface area contributed by atoms with E-state index in [1.165, 1.54) is 0 Å². The predicted molar refractivity (Wildman–Crippen MR) is 47.8 cm³/mol. The van der Waals surface area contributed by atoms with E-state index in [1.54, 1.807) is 23.5 Å². The summed E-state index contributed by atoms with van der Waals surface area (Å²) in [5.41, 5.74) is 0. The smallest absolute Gasteiger partial charge is 0.181 e. The van der Waals surface area contributed by atoms with Crippen molar-refractivity contribution in [2.24, 2.45) is 7.05 Å². The van der Waals surface area contributed by atoms with E-state index < -0.39 is 4.75 Å². The van der Waals surface area contributed by atoms with Crippen molar-refractivity contribution in [1.82, 2.24) is 20.2 Å². The van der Waals surface area contributed by atoms with Gasteiger partial charge in [-0.1, -0.05) is 0 Å². The quantitative estimate of drug-likeness (QED) is 0.651. The zero-order chi connectivity index (χ0) is 9.31. The summed E-state index contributed by atoms with van der Waals surface area (Å²) in [6.07, 6.45) is 1.91. The molecule has 0 saturated carbocycles. The molecule has 1 aliphatic heterocycles. The second kappa shape index (κ2) is 3.00. The lowest BCUT2D eigenvalue weighted by atomic mass is 10.0. The summed E-state index contributed by atoms with van der Waals surface area (Å²) in [6, 6.07) is 2.32. The van der Waals surface area contributed by atoms with Crippen molar-refractivity contribution in [3.63, 3.8) is 0 Å². The molecule has 0 spiro atoms. The maximum absolute atomic E-state index is 9.13. The molecule has 1 aromatic rings. The van der Waals surface area contributed by atoms with Gasteiger partial charge in [0.25, 0.3) is 0 Å². The first kappa shape index (κ1) is 8.51. The van der Waals surface area contributed by atoms with Crippen LogP contribution in [0.25, 0.3) is 0 Å². The minimum absolute atomic E-state index is 0.502. The van der Waals surface area contributed by atoms with Gasteiger partial charge in [0.15, 0.2) is 10.6 Å². The number of aromatic nitrogens is 4. The van der Waals surface area contributed by atoms with Crippen LogP contribution in [-0.4, -0.2) is 26.0 Å². The number of nitrogens with zero attached hydrogens (tertiary/aromatic N) is 5. The standard InChI is InChI=1S/C7H9N5S/c1-12-6(9-10-11-12)7(5-8)3-2-4-13-7/h2-4H2,1H3. The Morgan fingerprint density at radius 3 is 3.00 bits per heavy atom. The third kappa shape index (κ3) is 1.20. The monoisotopic (exact) mass is 195 g/mol. The van der Waals surface area contributed by atoms with Crippen LogP contribution in [0.3, 0.4) is 0 Å². The van der Waals surface area contributed by atoms with Gasteiger partial charge in [-0.3, -0.25) is 0 Å². The van der Waals surface area contributed by atoms with Gasteiger partial charge in [0.1, 0.15) is 0 Å². The SMILES string of the molecule is Cn1nnnc1C1(C#N)CCCS1. The molecule has 1 atom stereocenters. The summed E-state index contributed by atoms with van der Waals surface area (Å²) in [5.74, 6) is 1.69. The van der Waals surface area contributed by atoms with Crippen LogP contribution in [-0.2, 0) is 11.8 Å². The van der Waals surface area contributed by atoms with Crippen LogP contribution >= 0.6 is 11.8 Å². The lowest BCUT2D eigenvalue weighted by Crippen LogP contribution is -2.21. The molecule has 0 aromatic carbocycles. The number of hydrogen-bond acceptors (Lipinski definition) is 5. The highest BCUT2D eigenvalue weighted by Gasteiger charge is 2.41. The van der Waals surface area contributed by atoms with E-state index in [-0.39, 0.29) is 0 Å². The Balaban J connectivity index is 2.43. The lowest BCUT2D eigenvalue weighted by molar-refractivity contribution is 0.606. The van der Waals surface area contributed by atoms with E-state index in [9.17, 15) is 0 Å². The second-order valence-electron chi connectivity index (χ2n) is 3.02. The average molecular weight is 195 g/mol. The second-order valence-corrected chi connectivity index (χ2v) is 4.41. The number of rotatable bonds is 1. The first-order valence-electron chi connectivity index (χ1n) is 4.06.